The molecule has 2 aromatic carbocycles. The van der Waals surface area contributed by atoms with Crippen molar-refractivity contribution in [2.45, 2.75) is 36.9 Å². The van der Waals surface area contributed by atoms with Gasteiger partial charge in [-0.3, -0.25) is 9.79 Å². The lowest BCUT2D eigenvalue weighted by Crippen LogP contribution is -2.43. The normalized spacial score (nSPS) is 24.4. The fraction of sp³-hybridized carbons (Fsp3) is 0.250. The summed E-state index contributed by atoms with van der Waals surface area (Å²) in [5.41, 5.74) is 15.8. The maximum atomic E-state index is 11.6. The minimum atomic E-state index is -0.443. The molecule has 5 rings (SSSR count). The molecule has 1 fully saturated rings. The predicted molar refractivity (Wildman–Crippen MR) is 114 cm³/mol. The number of nitrogens with zero attached hydrogens (tertiary/aromatic N) is 2. The van der Waals surface area contributed by atoms with Crippen molar-refractivity contribution in [3.05, 3.63) is 95.2 Å². The monoisotopic (exact) mass is 384 g/mol. The van der Waals surface area contributed by atoms with E-state index in [1.54, 1.807) is 12.2 Å². The van der Waals surface area contributed by atoms with Gasteiger partial charge in [0, 0.05) is 17.3 Å². The van der Waals surface area contributed by atoms with Crippen molar-refractivity contribution in [2.75, 3.05) is 0 Å². The molecule has 146 valence electrons. The standard InChI is InChI=1S/C24H24N4O/c25-23(29)18-11-14-28-20(15-18)27-21(22(28)17-5-2-1-3-6-17)16-7-9-19(10-8-16)24(26)12-4-13-24/h1-3,5-11,14-15,21-22H,4,12-13,26H2,(H2,25,29). The van der Waals surface area contributed by atoms with Crippen molar-refractivity contribution in [3.63, 3.8) is 0 Å². The van der Waals surface area contributed by atoms with Gasteiger partial charge in [0.15, 0.2) is 0 Å². The minimum absolute atomic E-state index is 0.0227. The van der Waals surface area contributed by atoms with Crippen LogP contribution in [-0.2, 0) is 10.3 Å². The summed E-state index contributed by atoms with van der Waals surface area (Å²) >= 11 is 0. The van der Waals surface area contributed by atoms with Gasteiger partial charge in [-0.2, -0.15) is 0 Å². The van der Waals surface area contributed by atoms with E-state index in [0.717, 1.165) is 24.2 Å². The third-order valence-electron chi connectivity index (χ3n) is 6.33. The summed E-state index contributed by atoms with van der Waals surface area (Å²) in [4.78, 5) is 18.7. The number of rotatable bonds is 4. The zero-order chi connectivity index (χ0) is 20.0. The first-order valence-corrected chi connectivity index (χ1v) is 10.1. The Bertz CT molecular complexity index is 1030. The number of primary amides is 1. The molecule has 1 aliphatic carbocycles. The first kappa shape index (κ1) is 17.9. The van der Waals surface area contributed by atoms with E-state index in [9.17, 15) is 4.79 Å². The molecule has 1 amide bonds. The van der Waals surface area contributed by atoms with E-state index < -0.39 is 5.91 Å². The van der Waals surface area contributed by atoms with Crippen LogP contribution in [0.25, 0.3) is 0 Å². The number of carbonyl (C=O) groups excluding carboxylic acids is 1. The first-order valence-electron chi connectivity index (χ1n) is 10.1. The van der Waals surface area contributed by atoms with Crippen LogP contribution < -0.4 is 11.5 Å². The van der Waals surface area contributed by atoms with Crippen LogP contribution in [0.5, 0.6) is 0 Å². The Balaban J connectivity index is 1.54. The number of benzene rings is 2. The molecule has 0 bridgehead atoms. The van der Waals surface area contributed by atoms with Gasteiger partial charge in [0.2, 0.25) is 5.91 Å². The van der Waals surface area contributed by atoms with Crippen LogP contribution in [0.1, 0.15) is 48.0 Å². The van der Waals surface area contributed by atoms with Crippen LogP contribution in [0.2, 0.25) is 0 Å². The Morgan fingerprint density at radius 3 is 2.38 bits per heavy atom. The van der Waals surface area contributed by atoms with Gasteiger partial charge in [-0.25, -0.2) is 0 Å². The fourth-order valence-electron chi connectivity index (χ4n) is 4.46. The SMILES string of the molecule is NC(=O)C1=CC2=NC(c3ccc(C4(N)CCC4)cc3)C(c3ccccc3)N2C=C1. The third kappa shape index (κ3) is 2.98. The van der Waals surface area contributed by atoms with Gasteiger partial charge >= 0.3 is 0 Å². The summed E-state index contributed by atoms with van der Waals surface area (Å²) in [5, 5.41) is 0. The maximum Gasteiger partial charge on any atom is 0.248 e. The van der Waals surface area contributed by atoms with E-state index >= 15 is 0 Å². The van der Waals surface area contributed by atoms with Crippen LogP contribution in [0.4, 0.5) is 0 Å². The molecule has 0 radical (unpaired) electrons. The van der Waals surface area contributed by atoms with Crippen molar-refractivity contribution < 1.29 is 4.79 Å². The second-order valence-electron chi connectivity index (χ2n) is 8.11. The molecule has 1 saturated carbocycles. The summed E-state index contributed by atoms with van der Waals surface area (Å²) in [7, 11) is 0. The molecule has 5 nitrogen and oxygen atoms in total. The molecular formula is C24H24N4O. The zero-order valence-electron chi connectivity index (χ0n) is 16.2. The van der Waals surface area contributed by atoms with Crippen LogP contribution in [-0.4, -0.2) is 16.6 Å². The quantitative estimate of drug-likeness (QED) is 0.847. The lowest BCUT2D eigenvalue weighted by molar-refractivity contribution is -0.114. The number of amides is 1. The smallest absolute Gasteiger partial charge is 0.248 e. The van der Waals surface area contributed by atoms with Crippen molar-refractivity contribution in [3.8, 4) is 0 Å². The summed E-state index contributed by atoms with van der Waals surface area (Å²) in [5.74, 6) is 0.319. The Hall–Kier alpha value is -3.18. The van der Waals surface area contributed by atoms with Gasteiger partial charge < -0.3 is 16.4 Å². The summed E-state index contributed by atoms with van der Waals surface area (Å²) < 4.78 is 0. The van der Waals surface area contributed by atoms with E-state index in [1.165, 1.54) is 17.5 Å². The summed E-state index contributed by atoms with van der Waals surface area (Å²) in [6, 6.07) is 18.9. The van der Waals surface area contributed by atoms with E-state index in [0.29, 0.717) is 5.57 Å². The highest BCUT2D eigenvalue weighted by Gasteiger charge is 2.38. The van der Waals surface area contributed by atoms with E-state index in [1.807, 2.05) is 24.4 Å². The van der Waals surface area contributed by atoms with Gasteiger partial charge in [-0.05, 0) is 48.1 Å². The molecule has 3 aliphatic rings. The molecule has 2 aliphatic heterocycles. The van der Waals surface area contributed by atoms with Crippen LogP contribution in [0.3, 0.4) is 0 Å². The van der Waals surface area contributed by atoms with Crippen molar-refractivity contribution in [1.82, 2.24) is 4.90 Å². The van der Waals surface area contributed by atoms with Gasteiger partial charge in [-0.1, -0.05) is 54.6 Å². The second kappa shape index (κ2) is 6.71. The van der Waals surface area contributed by atoms with E-state index in [4.69, 9.17) is 16.5 Å². The van der Waals surface area contributed by atoms with E-state index in [2.05, 4.69) is 41.3 Å². The molecule has 2 aromatic rings. The number of hydrogen-bond acceptors (Lipinski definition) is 4. The van der Waals surface area contributed by atoms with Crippen LogP contribution in [0, 0.1) is 0 Å². The third-order valence-corrected chi connectivity index (χ3v) is 6.33. The average Bonchev–Trinajstić information content (AvgIpc) is 3.11. The Morgan fingerprint density at radius 2 is 1.76 bits per heavy atom. The Morgan fingerprint density at radius 1 is 1.03 bits per heavy atom. The van der Waals surface area contributed by atoms with Gasteiger partial charge in [0.25, 0.3) is 0 Å². The number of carbonyl (C=O) groups is 1. The predicted octanol–water partition coefficient (Wildman–Crippen LogP) is 3.46. The summed E-state index contributed by atoms with van der Waals surface area (Å²) in [6.45, 7) is 0. The van der Waals surface area contributed by atoms with Gasteiger partial charge in [0.1, 0.15) is 11.9 Å². The zero-order valence-corrected chi connectivity index (χ0v) is 16.2. The molecule has 4 N–H and O–H groups in total. The molecule has 0 aromatic heterocycles. The topological polar surface area (TPSA) is 84.7 Å². The Kier molecular flexibility index (Phi) is 4.14. The largest absolute Gasteiger partial charge is 0.366 e. The molecule has 5 heteroatoms. The second-order valence-corrected chi connectivity index (χ2v) is 8.11. The average molecular weight is 384 g/mol. The highest BCUT2D eigenvalue weighted by atomic mass is 16.1. The van der Waals surface area contributed by atoms with Crippen LogP contribution in [0.15, 0.2) is 83.5 Å². The van der Waals surface area contributed by atoms with Crippen LogP contribution >= 0.6 is 0 Å². The molecule has 0 spiro atoms. The molecule has 29 heavy (non-hydrogen) atoms. The van der Waals surface area contributed by atoms with Gasteiger partial charge in [-0.15, -0.1) is 0 Å². The minimum Gasteiger partial charge on any atom is -0.366 e. The highest BCUT2D eigenvalue weighted by molar-refractivity contribution is 6.06. The molecule has 2 unspecified atom stereocenters. The maximum absolute atomic E-state index is 11.6. The number of aliphatic imine (C=N–C) groups is 1. The lowest BCUT2D eigenvalue weighted by atomic mass is 9.72. The Labute approximate surface area is 170 Å². The van der Waals surface area contributed by atoms with E-state index in [-0.39, 0.29) is 17.6 Å². The molecular weight excluding hydrogens is 360 g/mol. The lowest BCUT2D eigenvalue weighted by Gasteiger charge is -2.38. The molecule has 2 heterocycles. The van der Waals surface area contributed by atoms with Crippen molar-refractivity contribution in [2.24, 2.45) is 16.5 Å². The van der Waals surface area contributed by atoms with Crippen molar-refractivity contribution >= 4 is 11.7 Å². The van der Waals surface area contributed by atoms with Gasteiger partial charge in [0.05, 0.1) is 6.04 Å². The summed E-state index contributed by atoms with van der Waals surface area (Å²) in [6.07, 6.45) is 8.73. The molecule has 2 atom stereocenters. The number of hydrogen-bond donors (Lipinski definition) is 2. The highest BCUT2D eigenvalue weighted by Crippen LogP contribution is 2.45. The fourth-order valence-corrected chi connectivity index (χ4v) is 4.46. The molecule has 0 saturated heterocycles. The number of fused-ring (bicyclic) bond motifs is 1. The van der Waals surface area contributed by atoms with Crippen molar-refractivity contribution in [1.29, 1.82) is 0 Å². The number of nitrogens with two attached hydrogens (primary N) is 2. The number of amidine groups is 1. The first-order chi connectivity index (χ1) is 14.0.